The van der Waals surface area contributed by atoms with E-state index in [4.69, 9.17) is 10.5 Å². The Morgan fingerprint density at radius 1 is 1.47 bits per heavy atom. The molecule has 0 amide bonds. The van der Waals surface area contributed by atoms with Gasteiger partial charge in [0.1, 0.15) is 11.9 Å². The van der Waals surface area contributed by atoms with Crippen LogP contribution in [-0.2, 0) is 0 Å². The van der Waals surface area contributed by atoms with Crippen molar-refractivity contribution >= 4 is 21.6 Å². The van der Waals surface area contributed by atoms with Gasteiger partial charge in [0.05, 0.1) is 15.5 Å². The number of hydrogen-bond acceptors (Lipinski definition) is 4. The molecule has 0 heterocycles. The predicted octanol–water partition coefficient (Wildman–Crippen LogP) is 3.15. The lowest BCUT2D eigenvalue weighted by molar-refractivity contribution is -0.386. The molecule has 1 aliphatic rings. The first kappa shape index (κ1) is 14.2. The largest absolute Gasteiger partial charge is 0.483 e. The van der Waals surface area contributed by atoms with Crippen molar-refractivity contribution in [2.24, 2.45) is 5.73 Å². The minimum absolute atomic E-state index is 0.0571. The summed E-state index contributed by atoms with van der Waals surface area (Å²) in [4.78, 5) is 10.3. The third-order valence-electron chi connectivity index (χ3n) is 3.16. The van der Waals surface area contributed by atoms with E-state index in [0.29, 0.717) is 6.42 Å². The Hall–Kier alpha value is -1.21. The number of halogens is 2. The Bertz CT molecular complexity index is 498. The highest BCUT2D eigenvalue weighted by Gasteiger charge is 2.25. The second-order valence-electron chi connectivity index (χ2n) is 4.66. The summed E-state index contributed by atoms with van der Waals surface area (Å²) < 4.78 is 19.1. The molecule has 19 heavy (non-hydrogen) atoms. The minimum atomic E-state index is -0.681. The van der Waals surface area contributed by atoms with Crippen molar-refractivity contribution in [3.8, 4) is 5.75 Å². The average molecular weight is 333 g/mol. The van der Waals surface area contributed by atoms with Crippen LogP contribution >= 0.6 is 15.9 Å². The summed E-state index contributed by atoms with van der Waals surface area (Å²) in [7, 11) is 0. The lowest BCUT2D eigenvalue weighted by atomic mass is 9.93. The second kappa shape index (κ2) is 5.83. The van der Waals surface area contributed by atoms with E-state index in [1.54, 1.807) is 0 Å². The number of nitrogens with zero attached hydrogens (tertiary/aromatic N) is 1. The summed E-state index contributed by atoms with van der Waals surface area (Å²) >= 11 is 3.00. The molecule has 1 aromatic rings. The van der Waals surface area contributed by atoms with Crippen LogP contribution in [0.4, 0.5) is 10.1 Å². The van der Waals surface area contributed by atoms with E-state index in [0.717, 1.165) is 25.3 Å². The van der Waals surface area contributed by atoms with Crippen LogP contribution in [-0.4, -0.2) is 17.1 Å². The predicted molar refractivity (Wildman–Crippen MR) is 71.6 cm³/mol. The molecule has 0 radical (unpaired) electrons. The zero-order valence-corrected chi connectivity index (χ0v) is 11.7. The monoisotopic (exact) mass is 332 g/mol. The van der Waals surface area contributed by atoms with Crippen LogP contribution in [0, 0.1) is 15.9 Å². The van der Waals surface area contributed by atoms with Gasteiger partial charge in [-0.2, -0.15) is 0 Å². The van der Waals surface area contributed by atoms with Gasteiger partial charge in [-0.25, -0.2) is 4.39 Å². The third kappa shape index (κ3) is 3.42. The summed E-state index contributed by atoms with van der Waals surface area (Å²) in [5.41, 5.74) is 5.49. The molecule has 0 spiro atoms. The maximum atomic E-state index is 13.3. The van der Waals surface area contributed by atoms with Crippen molar-refractivity contribution in [2.45, 2.75) is 37.8 Å². The quantitative estimate of drug-likeness (QED) is 0.681. The number of nitro benzene ring substituents is 1. The minimum Gasteiger partial charge on any atom is -0.483 e. The highest BCUT2D eigenvalue weighted by molar-refractivity contribution is 9.10. The number of nitro groups is 1. The van der Waals surface area contributed by atoms with E-state index < -0.39 is 10.7 Å². The van der Waals surface area contributed by atoms with Gasteiger partial charge in [0.2, 0.25) is 0 Å². The van der Waals surface area contributed by atoms with Crippen molar-refractivity contribution in [3.63, 3.8) is 0 Å². The summed E-state index contributed by atoms with van der Waals surface area (Å²) in [6.45, 7) is 0. The van der Waals surface area contributed by atoms with Crippen LogP contribution in [0.15, 0.2) is 16.6 Å². The highest BCUT2D eigenvalue weighted by Crippen LogP contribution is 2.34. The van der Waals surface area contributed by atoms with Gasteiger partial charge in [-0.15, -0.1) is 0 Å². The van der Waals surface area contributed by atoms with Crippen LogP contribution < -0.4 is 10.5 Å². The first-order valence-electron chi connectivity index (χ1n) is 6.03. The molecular weight excluding hydrogens is 319 g/mol. The number of nitrogens with two attached hydrogens (primary N) is 1. The zero-order chi connectivity index (χ0) is 14.0. The van der Waals surface area contributed by atoms with Crippen LogP contribution in [0.3, 0.4) is 0 Å². The Morgan fingerprint density at radius 3 is 2.84 bits per heavy atom. The molecule has 1 aromatic carbocycles. The molecule has 1 saturated carbocycles. The maximum Gasteiger partial charge on any atom is 0.313 e. The van der Waals surface area contributed by atoms with Crippen LogP contribution in [0.5, 0.6) is 5.75 Å². The molecule has 2 rings (SSSR count). The van der Waals surface area contributed by atoms with E-state index >= 15 is 0 Å². The topological polar surface area (TPSA) is 78.4 Å². The number of hydrogen-bond donors (Lipinski definition) is 1. The SMILES string of the molecule is NC1CCCC(Oc2cc(Br)c(F)cc2[N+](=O)[O-])C1. The summed E-state index contributed by atoms with van der Waals surface area (Å²) in [6.07, 6.45) is 3.18. The normalized spacial score (nSPS) is 23.1. The Kier molecular flexibility index (Phi) is 4.36. The number of benzene rings is 1. The Morgan fingerprint density at radius 2 is 2.21 bits per heavy atom. The van der Waals surface area contributed by atoms with Crippen LogP contribution in [0.2, 0.25) is 0 Å². The molecule has 1 fully saturated rings. The van der Waals surface area contributed by atoms with Gasteiger partial charge in [0, 0.05) is 12.1 Å². The van der Waals surface area contributed by atoms with E-state index in [2.05, 4.69) is 15.9 Å². The fraction of sp³-hybridized carbons (Fsp3) is 0.500. The zero-order valence-electron chi connectivity index (χ0n) is 10.1. The first-order chi connectivity index (χ1) is 8.97. The molecule has 7 heteroatoms. The van der Waals surface area contributed by atoms with E-state index in [1.807, 2.05) is 0 Å². The van der Waals surface area contributed by atoms with Crippen LogP contribution in [0.1, 0.15) is 25.7 Å². The second-order valence-corrected chi connectivity index (χ2v) is 5.51. The van der Waals surface area contributed by atoms with Crippen molar-refractivity contribution in [1.29, 1.82) is 0 Å². The fourth-order valence-corrected chi connectivity index (χ4v) is 2.55. The fourth-order valence-electron chi connectivity index (χ4n) is 2.22. The molecule has 2 N–H and O–H groups in total. The Labute approximate surface area is 118 Å². The lowest BCUT2D eigenvalue weighted by Gasteiger charge is -2.27. The molecule has 2 unspecified atom stereocenters. The van der Waals surface area contributed by atoms with E-state index in [-0.39, 0.29) is 28.1 Å². The van der Waals surface area contributed by atoms with Crippen molar-refractivity contribution in [2.75, 3.05) is 0 Å². The molecule has 0 aromatic heterocycles. The van der Waals surface area contributed by atoms with Crippen molar-refractivity contribution in [3.05, 3.63) is 32.5 Å². The van der Waals surface area contributed by atoms with Crippen molar-refractivity contribution < 1.29 is 14.1 Å². The molecule has 0 saturated heterocycles. The summed E-state index contributed by atoms with van der Waals surface area (Å²) in [5.74, 6) is -0.600. The number of rotatable bonds is 3. The van der Waals surface area contributed by atoms with Gasteiger partial charge >= 0.3 is 5.69 Å². The molecule has 0 bridgehead atoms. The smallest absolute Gasteiger partial charge is 0.313 e. The molecular formula is C12H14BrFN2O3. The third-order valence-corrected chi connectivity index (χ3v) is 3.77. The number of ether oxygens (including phenoxy) is 1. The average Bonchev–Trinajstić information content (AvgIpc) is 2.33. The first-order valence-corrected chi connectivity index (χ1v) is 6.82. The standard InChI is InChI=1S/C12H14BrFN2O3/c13-9-5-12(11(16(17)18)6-10(9)14)19-8-3-1-2-7(15)4-8/h5-8H,1-4,15H2. The van der Waals surface area contributed by atoms with E-state index in [1.165, 1.54) is 6.07 Å². The highest BCUT2D eigenvalue weighted by atomic mass is 79.9. The van der Waals surface area contributed by atoms with Gasteiger partial charge < -0.3 is 10.5 Å². The molecule has 0 aliphatic heterocycles. The van der Waals surface area contributed by atoms with Gasteiger partial charge in [-0.05, 0) is 41.6 Å². The van der Waals surface area contributed by atoms with Gasteiger partial charge in [-0.1, -0.05) is 0 Å². The molecule has 5 nitrogen and oxygen atoms in total. The molecule has 1 aliphatic carbocycles. The lowest BCUT2D eigenvalue weighted by Crippen LogP contribution is -2.33. The maximum absolute atomic E-state index is 13.3. The van der Waals surface area contributed by atoms with Gasteiger partial charge in [0.15, 0.2) is 5.75 Å². The Balaban J connectivity index is 2.23. The van der Waals surface area contributed by atoms with Gasteiger partial charge in [-0.3, -0.25) is 10.1 Å². The van der Waals surface area contributed by atoms with Gasteiger partial charge in [0.25, 0.3) is 0 Å². The van der Waals surface area contributed by atoms with E-state index in [9.17, 15) is 14.5 Å². The summed E-state index contributed by atoms with van der Waals surface area (Å²) in [6, 6.07) is 2.22. The summed E-state index contributed by atoms with van der Waals surface area (Å²) in [5, 5.41) is 10.9. The van der Waals surface area contributed by atoms with Crippen LogP contribution in [0.25, 0.3) is 0 Å². The molecule has 104 valence electrons. The van der Waals surface area contributed by atoms with Crippen molar-refractivity contribution in [1.82, 2.24) is 0 Å². The molecule has 2 atom stereocenters.